The first-order valence-corrected chi connectivity index (χ1v) is 10.7. The van der Waals surface area contributed by atoms with Crippen LogP contribution in [0, 0.1) is 5.41 Å². The molecular weight excluding hydrogens is 376 g/mol. The Morgan fingerprint density at radius 3 is 2.03 bits per heavy atom. The van der Waals surface area contributed by atoms with E-state index in [4.69, 9.17) is 0 Å². The number of nitrogens with one attached hydrogen (secondary N) is 1. The fourth-order valence-corrected chi connectivity index (χ4v) is 4.68. The number of carboxylic acids is 1. The van der Waals surface area contributed by atoms with E-state index in [2.05, 4.69) is 34.5 Å². The second-order valence-corrected chi connectivity index (χ2v) is 8.52. The summed E-state index contributed by atoms with van der Waals surface area (Å²) in [4.78, 5) is 27.4. The topological polar surface area (TPSA) is 69.6 Å². The van der Waals surface area contributed by atoms with Crippen molar-refractivity contribution in [2.75, 3.05) is 20.6 Å². The average Bonchev–Trinajstić information content (AvgIpc) is 2.77. The standard InChI is InChI=1S/C25H32N2O3/c1-27(2)25(21-13-7-4-8-14-21)17-15-24(16-18-25,23(29)30)22(28)26-19-9-12-20-10-5-3-6-11-20/h3-8,10-11,13-14H,9,12,15-19H2,1-2H3,(H,26,28)(H,29,30). The number of carbonyl (C=O) groups is 2. The summed E-state index contributed by atoms with van der Waals surface area (Å²) in [6.07, 6.45) is 3.58. The molecule has 1 aliphatic carbocycles. The number of hydrogen-bond donors (Lipinski definition) is 2. The fraction of sp³-hybridized carbons (Fsp3) is 0.440. The summed E-state index contributed by atoms with van der Waals surface area (Å²) < 4.78 is 0. The van der Waals surface area contributed by atoms with Crippen LogP contribution in [0.15, 0.2) is 60.7 Å². The van der Waals surface area contributed by atoms with E-state index in [1.54, 1.807) is 0 Å². The molecule has 160 valence electrons. The summed E-state index contributed by atoms with van der Waals surface area (Å²) in [5.74, 6) is -1.35. The molecule has 0 spiro atoms. The van der Waals surface area contributed by atoms with E-state index in [9.17, 15) is 14.7 Å². The summed E-state index contributed by atoms with van der Waals surface area (Å²) in [7, 11) is 4.06. The minimum atomic E-state index is -1.35. The number of rotatable bonds is 8. The van der Waals surface area contributed by atoms with Gasteiger partial charge < -0.3 is 10.4 Å². The molecule has 2 aromatic rings. The van der Waals surface area contributed by atoms with E-state index in [1.165, 1.54) is 11.1 Å². The Morgan fingerprint density at radius 2 is 1.50 bits per heavy atom. The predicted molar refractivity (Wildman–Crippen MR) is 118 cm³/mol. The Morgan fingerprint density at radius 1 is 0.933 bits per heavy atom. The van der Waals surface area contributed by atoms with Gasteiger partial charge in [-0.2, -0.15) is 0 Å². The normalized spacial score (nSPS) is 23.8. The molecular formula is C25H32N2O3. The van der Waals surface area contributed by atoms with Gasteiger partial charge in [-0.15, -0.1) is 0 Å². The summed E-state index contributed by atoms with van der Waals surface area (Å²) >= 11 is 0. The third-order valence-electron chi connectivity index (χ3n) is 6.71. The Bertz CT molecular complexity index is 841. The Labute approximate surface area is 179 Å². The molecule has 2 N–H and O–H groups in total. The number of carboxylic acid groups (broad SMARTS) is 1. The van der Waals surface area contributed by atoms with Crippen molar-refractivity contribution < 1.29 is 14.7 Å². The van der Waals surface area contributed by atoms with Crippen molar-refractivity contribution in [2.45, 2.75) is 44.1 Å². The van der Waals surface area contributed by atoms with Crippen molar-refractivity contribution in [2.24, 2.45) is 5.41 Å². The van der Waals surface area contributed by atoms with Crippen molar-refractivity contribution >= 4 is 11.9 Å². The van der Waals surface area contributed by atoms with Crippen LogP contribution in [0.3, 0.4) is 0 Å². The molecule has 30 heavy (non-hydrogen) atoms. The molecule has 5 heteroatoms. The van der Waals surface area contributed by atoms with Crippen molar-refractivity contribution in [3.8, 4) is 0 Å². The van der Waals surface area contributed by atoms with E-state index in [0.717, 1.165) is 12.8 Å². The second-order valence-electron chi connectivity index (χ2n) is 8.52. The molecule has 1 aliphatic rings. The maximum atomic E-state index is 13.0. The molecule has 0 radical (unpaired) electrons. The first-order chi connectivity index (χ1) is 14.4. The minimum Gasteiger partial charge on any atom is -0.480 e. The Balaban J connectivity index is 1.65. The maximum Gasteiger partial charge on any atom is 0.319 e. The summed E-state index contributed by atoms with van der Waals surface area (Å²) in [6.45, 7) is 0.486. The lowest BCUT2D eigenvalue weighted by atomic mass is 9.64. The number of amides is 1. The monoisotopic (exact) mass is 408 g/mol. The van der Waals surface area contributed by atoms with Gasteiger partial charge in [0, 0.05) is 12.1 Å². The van der Waals surface area contributed by atoms with Crippen molar-refractivity contribution in [3.05, 3.63) is 71.8 Å². The molecule has 0 unspecified atom stereocenters. The van der Waals surface area contributed by atoms with Gasteiger partial charge in [0.1, 0.15) is 5.41 Å². The Kier molecular flexibility index (Phi) is 6.93. The second kappa shape index (κ2) is 9.43. The van der Waals surface area contributed by atoms with Crippen molar-refractivity contribution in [1.82, 2.24) is 10.2 Å². The highest BCUT2D eigenvalue weighted by molar-refractivity contribution is 6.02. The van der Waals surface area contributed by atoms with E-state index >= 15 is 0 Å². The molecule has 0 aromatic heterocycles. The van der Waals surface area contributed by atoms with Crippen LogP contribution in [-0.2, 0) is 21.5 Å². The summed E-state index contributed by atoms with van der Waals surface area (Å²) in [5, 5.41) is 12.9. The summed E-state index contributed by atoms with van der Waals surface area (Å²) in [5.41, 5.74) is 0.808. The highest BCUT2D eigenvalue weighted by atomic mass is 16.4. The van der Waals surface area contributed by atoms with Gasteiger partial charge >= 0.3 is 5.97 Å². The zero-order valence-corrected chi connectivity index (χ0v) is 17.9. The Hall–Kier alpha value is -2.66. The lowest BCUT2D eigenvalue weighted by Gasteiger charge is -2.48. The van der Waals surface area contributed by atoms with Gasteiger partial charge in [-0.05, 0) is 63.7 Å². The molecule has 1 amide bonds. The van der Waals surface area contributed by atoms with E-state index in [0.29, 0.717) is 32.2 Å². The van der Waals surface area contributed by atoms with Gasteiger partial charge in [0.15, 0.2) is 0 Å². The minimum absolute atomic E-state index is 0.242. The first-order valence-electron chi connectivity index (χ1n) is 10.7. The number of nitrogens with zero attached hydrogens (tertiary/aromatic N) is 1. The van der Waals surface area contributed by atoms with E-state index in [1.807, 2.05) is 50.5 Å². The van der Waals surface area contributed by atoms with Gasteiger partial charge in [-0.1, -0.05) is 60.7 Å². The maximum absolute atomic E-state index is 13.0. The van der Waals surface area contributed by atoms with Crippen LogP contribution >= 0.6 is 0 Å². The van der Waals surface area contributed by atoms with Gasteiger partial charge in [-0.3, -0.25) is 14.5 Å². The molecule has 0 bridgehead atoms. The molecule has 3 rings (SSSR count). The van der Waals surface area contributed by atoms with E-state index in [-0.39, 0.29) is 11.4 Å². The van der Waals surface area contributed by atoms with Crippen LogP contribution in [0.5, 0.6) is 0 Å². The zero-order chi connectivity index (χ0) is 21.6. The number of hydrogen-bond acceptors (Lipinski definition) is 3. The number of aliphatic carboxylic acids is 1. The van der Waals surface area contributed by atoms with Gasteiger partial charge in [0.25, 0.3) is 0 Å². The highest BCUT2D eigenvalue weighted by Gasteiger charge is 2.53. The molecule has 0 atom stereocenters. The largest absolute Gasteiger partial charge is 0.480 e. The number of aryl methyl sites for hydroxylation is 1. The predicted octanol–water partition coefficient (Wildman–Crippen LogP) is 3.84. The lowest BCUT2D eigenvalue weighted by Crippen LogP contribution is -2.54. The molecule has 0 aliphatic heterocycles. The smallest absolute Gasteiger partial charge is 0.319 e. The molecule has 0 saturated heterocycles. The van der Waals surface area contributed by atoms with Crippen LogP contribution in [-0.4, -0.2) is 42.5 Å². The van der Waals surface area contributed by atoms with Crippen LogP contribution in [0.2, 0.25) is 0 Å². The highest BCUT2D eigenvalue weighted by Crippen LogP contribution is 2.48. The van der Waals surface area contributed by atoms with Gasteiger partial charge in [0.05, 0.1) is 0 Å². The van der Waals surface area contributed by atoms with E-state index < -0.39 is 11.4 Å². The SMILES string of the molecule is CN(C)C1(c2ccccc2)CCC(C(=O)O)(C(=O)NCCCc2ccccc2)CC1. The van der Waals surface area contributed by atoms with Crippen molar-refractivity contribution in [3.63, 3.8) is 0 Å². The van der Waals surface area contributed by atoms with Crippen molar-refractivity contribution in [1.29, 1.82) is 0 Å². The van der Waals surface area contributed by atoms with Crippen LogP contribution in [0.25, 0.3) is 0 Å². The molecule has 2 aromatic carbocycles. The zero-order valence-electron chi connectivity index (χ0n) is 17.9. The lowest BCUT2D eigenvalue weighted by molar-refractivity contribution is -0.160. The van der Waals surface area contributed by atoms with Crippen LogP contribution in [0.1, 0.15) is 43.2 Å². The van der Waals surface area contributed by atoms with Crippen LogP contribution < -0.4 is 5.32 Å². The fourth-order valence-electron chi connectivity index (χ4n) is 4.68. The first kappa shape index (κ1) is 22.0. The molecule has 1 saturated carbocycles. The molecule has 5 nitrogen and oxygen atoms in total. The molecule has 0 heterocycles. The summed E-state index contributed by atoms with van der Waals surface area (Å²) in [6, 6.07) is 20.3. The number of benzene rings is 2. The third-order valence-corrected chi connectivity index (χ3v) is 6.71. The van der Waals surface area contributed by atoms with Gasteiger partial charge in [-0.25, -0.2) is 0 Å². The average molecular weight is 409 g/mol. The number of carbonyl (C=O) groups excluding carboxylic acids is 1. The quantitative estimate of drug-likeness (QED) is 0.514. The molecule has 1 fully saturated rings. The third kappa shape index (κ3) is 4.41. The van der Waals surface area contributed by atoms with Gasteiger partial charge in [0.2, 0.25) is 5.91 Å². The van der Waals surface area contributed by atoms with Crippen LogP contribution in [0.4, 0.5) is 0 Å².